The molecule has 0 spiro atoms. The van der Waals surface area contributed by atoms with Crippen molar-refractivity contribution in [1.82, 2.24) is 9.97 Å². The Balaban J connectivity index is 2.76. The summed E-state index contributed by atoms with van der Waals surface area (Å²) in [6, 6.07) is 0. The molecule has 1 aromatic heterocycles. The Morgan fingerprint density at radius 2 is 2.18 bits per heavy atom. The molecule has 1 aromatic rings. The van der Waals surface area contributed by atoms with Gasteiger partial charge in [0.25, 0.3) is 5.91 Å². The SMILES string of the molecule is O=C1N=Cc2[nH]c(=O)ncc21. The van der Waals surface area contributed by atoms with Crippen molar-refractivity contribution in [3.63, 3.8) is 0 Å². The van der Waals surface area contributed by atoms with E-state index in [2.05, 4.69) is 15.0 Å². The molecule has 0 atom stereocenters. The van der Waals surface area contributed by atoms with Gasteiger partial charge in [-0.15, -0.1) is 0 Å². The van der Waals surface area contributed by atoms with Crippen molar-refractivity contribution in [3.05, 3.63) is 27.9 Å². The van der Waals surface area contributed by atoms with Crippen LogP contribution in [0.2, 0.25) is 0 Å². The molecule has 0 aromatic carbocycles. The maximum absolute atomic E-state index is 10.8. The molecule has 0 bridgehead atoms. The van der Waals surface area contributed by atoms with Crippen LogP contribution in [0.4, 0.5) is 0 Å². The highest BCUT2D eigenvalue weighted by atomic mass is 16.2. The van der Waals surface area contributed by atoms with E-state index in [4.69, 9.17) is 0 Å². The van der Waals surface area contributed by atoms with Crippen LogP contribution in [0, 0.1) is 0 Å². The number of carbonyl (C=O) groups excluding carboxylic acids is 1. The van der Waals surface area contributed by atoms with Gasteiger partial charge in [0, 0.05) is 6.20 Å². The average molecular weight is 149 g/mol. The van der Waals surface area contributed by atoms with Crippen LogP contribution >= 0.6 is 0 Å². The summed E-state index contributed by atoms with van der Waals surface area (Å²) in [7, 11) is 0. The average Bonchev–Trinajstić information content (AvgIpc) is 2.32. The van der Waals surface area contributed by atoms with Gasteiger partial charge in [-0.1, -0.05) is 0 Å². The Morgan fingerprint density at radius 3 is 3.00 bits per heavy atom. The smallest absolute Gasteiger partial charge is 0.304 e. The summed E-state index contributed by atoms with van der Waals surface area (Å²) in [6.07, 6.45) is 2.55. The number of fused-ring (bicyclic) bond motifs is 1. The minimum Gasteiger partial charge on any atom is -0.304 e. The zero-order valence-corrected chi connectivity index (χ0v) is 5.37. The van der Waals surface area contributed by atoms with E-state index >= 15 is 0 Å². The number of nitrogens with one attached hydrogen (secondary N) is 1. The Bertz CT molecular complexity index is 405. The van der Waals surface area contributed by atoms with E-state index in [-0.39, 0.29) is 5.91 Å². The molecule has 1 aliphatic rings. The number of aliphatic imine (C=N–C) groups is 1. The van der Waals surface area contributed by atoms with Gasteiger partial charge in [0.1, 0.15) is 0 Å². The van der Waals surface area contributed by atoms with Gasteiger partial charge in [-0.2, -0.15) is 0 Å². The number of aromatic nitrogens is 2. The molecule has 5 heteroatoms. The largest absolute Gasteiger partial charge is 0.345 e. The first kappa shape index (κ1) is 5.96. The molecule has 5 nitrogen and oxygen atoms in total. The molecule has 0 saturated heterocycles. The summed E-state index contributed by atoms with van der Waals surface area (Å²) in [6.45, 7) is 0. The van der Waals surface area contributed by atoms with Crippen molar-refractivity contribution in [3.8, 4) is 0 Å². The van der Waals surface area contributed by atoms with Gasteiger partial charge in [-0.3, -0.25) is 4.79 Å². The summed E-state index contributed by atoms with van der Waals surface area (Å²) >= 11 is 0. The minimum atomic E-state index is -0.468. The van der Waals surface area contributed by atoms with Gasteiger partial charge in [-0.05, 0) is 0 Å². The lowest BCUT2D eigenvalue weighted by atomic mass is 10.3. The molecule has 0 fully saturated rings. The summed E-state index contributed by atoms with van der Waals surface area (Å²) in [5, 5.41) is 0. The summed E-state index contributed by atoms with van der Waals surface area (Å²) < 4.78 is 0. The van der Waals surface area contributed by atoms with Crippen LogP contribution in [-0.4, -0.2) is 22.1 Å². The van der Waals surface area contributed by atoms with E-state index in [0.29, 0.717) is 11.3 Å². The van der Waals surface area contributed by atoms with E-state index in [9.17, 15) is 9.59 Å². The highest BCUT2D eigenvalue weighted by Gasteiger charge is 2.15. The van der Waals surface area contributed by atoms with Crippen molar-refractivity contribution in [2.75, 3.05) is 0 Å². The fraction of sp³-hybridized carbons (Fsp3) is 0. The van der Waals surface area contributed by atoms with Crippen LogP contribution in [0.15, 0.2) is 16.0 Å². The molecule has 1 amide bonds. The summed E-state index contributed by atoms with van der Waals surface area (Å²) in [4.78, 5) is 30.7. The van der Waals surface area contributed by atoms with Gasteiger partial charge in [0.2, 0.25) is 0 Å². The van der Waals surface area contributed by atoms with E-state index in [1.807, 2.05) is 0 Å². The monoisotopic (exact) mass is 149 g/mol. The number of aromatic amines is 1. The number of nitrogens with zero attached hydrogens (tertiary/aromatic N) is 2. The van der Waals surface area contributed by atoms with E-state index < -0.39 is 5.69 Å². The molecule has 54 valence electrons. The Hall–Kier alpha value is -1.78. The fourth-order valence-electron chi connectivity index (χ4n) is 0.872. The van der Waals surface area contributed by atoms with Gasteiger partial charge in [-0.25, -0.2) is 14.8 Å². The van der Waals surface area contributed by atoms with Crippen LogP contribution in [0.1, 0.15) is 16.1 Å². The third kappa shape index (κ3) is 0.778. The van der Waals surface area contributed by atoms with Crippen LogP contribution < -0.4 is 5.69 Å². The van der Waals surface area contributed by atoms with E-state index in [1.54, 1.807) is 0 Å². The summed E-state index contributed by atoms with van der Waals surface area (Å²) in [5.74, 6) is -0.358. The van der Waals surface area contributed by atoms with Crippen LogP contribution in [0.5, 0.6) is 0 Å². The second kappa shape index (κ2) is 1.85. The van der Waals surface area contributed by atoms with Crippen molar-refractivity contribution >= 4 is 12.1 Å². The second-order valence-electron chi connectivity index (χ2n) is 2.08. The molecule has 1 N–H and O–H groups in total. The van der Waals surface area contributed by atoms with Crippen molar-refractivity contribution < 1.29 is 4.79 Å². The second-order valence-corrected chi connectivity index (χ2v) is 2.08. The Labute approximate surface area is 60.8 Å². The molecular weight excluding hydrogens is 146 g/mol. The third-order valence-corrected chi connectivity index (χ3v) is 1.38. The zero-order chi connectivity index (χ0) is 7.84. The first-order valence-corrected chi connectivity index (χ1v) is 2.95. The summed E-state index contributed by atoms with van der Waals surface area (Å²) in [5.41, 5.74) is 0.324. The number of carbonyl (C=O) groups is 1. The molecule has 0 unspecified atom stereocenters. The number of hydrogen-bond acceptors (Lipinski definition) is 3. The Morgan fingerprint density at radius 1 is 1.36 bits per heavy atom. The normalized spacial score (nSPS) is 13.6. The maximum atomic E-state index is 10.8. The predicted octanol–water partition coefficient (Wildman–Crippen LogP) is -0.657. The molecule has 0 radical (unpaired) electrons. The van der Waals surface area contributed by atoms with Gasteiger partial charge in [0.05, 0.1) is 17.5 Å². The lowest BCUT2D eigenvalue weighted by Gasteiger charge is -1.89. The Kier molecular flexibility index (Phi) is 1.00. The predicted molar refractivity (Wildman–Crippen MR) is 36.8 cm³/mol. The standard InChI is InChI=1S/C6H3N3O2/c10-5-3-1-8-6(11)9-4(3)2-7-5/h1-2H,(H,8,9,11). The first-order valence-electron chi connectivity index (χ1n) is 2.95. The van der Waals surface area contributed by atoms with E-state index in [0.717, 1.165) is 0 Å². The number of hydrogen-bond donors (Lipinski definition) is 1. The van der Waals surface area contributed by atoms with Crippen molar-refractivity contribution in [2.24, 2.45) is 4.99 Å². The molecule has 0 saturated carbocycles. The maximum Gasteiger partial charge on any atom is 0.345 e. The highest BCUT2D eigenvalue weighted by Crippen LogP contribution is 2.07. The van der Waals surface area contributed by atoms with Gasteiger partial charge < -0.3 is 4.98 Å². The van der Waals surface area contributed by atoms with Crippen LogP contribution in [0.25, 0.3) is 0 Å². The molecule has 0 aliphatic carbocycles. The fourth-order valence-corrected chi connectivity index (χ4v) is 0.872. The van der Waals surface area contributed by atoms with Crippen LogP contribution in [0.3, 0.4) is 0 Å². The molecule has 2 heterocycles. The van der Waals surface area contributed by atoms with E-state index in [1.165, 1.54) is 12.4 Å². The van der Waals surface area contributed by atoms with Crippen molar-refractivity contribution in [1.29, 1.82) is 0 Å². The highest BCUT2D eigenvalue weighted by molar-refractivity contribution is 6.11. The molecule has 11 heavy (non-hydrogen) atoms. The topological polar surface area (TPSA) is 75.2 Å². The molecular formula is C6H3N3O2. The van der Waals surface area contributed by atoms with Gasteiger partial charge in [0.15, 0.2) is 0 Å². The minimum absolute atomic E-state index is 0.351. The first-order chi connectivity index (χ1) is 5.27. The quantitative estimate of drug-likeness (QED) is 0.532. The number of amides is 1. The lowest BCUT2D eigenvalue weighted by molar-refractivity contribution is 0.101. The van der Waals surface area contributed by atoms with Crippen LogP contribution in [-0.2, 0) is 0 Å². The lowest BCUT2D eigenvalue weighted by Crippen LogP contribution is -2.13. The number of rotatable bonds is 0. The molecule has 2 rings (SSSR count). The van der Waals surface area contributed by atoms with Crippen molar-refractivity contribution in [2.45, 2.75) is 0 Å². The molecule has 1 aliphatic heterocycles. The number of H-pyrrole nitrogens is 1. The van der Waals surface area contributed by atoms with Gasteiger partial charge >= 0.3 is 5.69 Å². The third-order valence-electron chi connectivity index (χ3n) is 1.38. The zero-order valence-electron chi connectivity index (χ0n) is 5.37.